The molecule has 2 aromatic carbocycles. The lowest BCUT2D eigenvalue weighted by Crippen LogP contribution is -2.19. The number of aliphatic carboxylic acids is 2. The van der Waals surface area contributed by atoms with Crippen molar-refractivity contribution in [3.63, 3.8) is 0 Å². The molecule has 0 bridgehead atoms. The largest absolute Gasteiger partial charge is 0.495 e. The molecular weight excluding hydrogens is 525 g/mol. The Hall–Kier alpha value is -3.40. The van der Waals surface area contributed by atoms with Crippen molar-refractivity contribution in [1.29, 1.82) is 0 Å². The molecule has 0 amide bonds. The molecule has 8 nitrogen and oxygen atoms in total. The van der Waals surface area contributed by atoms with Crippen LogP contribution < -0.4 is 9.64 Å². The minimum Gasteiger partial charge on any atom is -0.495 e. The van der Waals surface area contributed by atoms with Crippen LogP contribution in [0.3, 0.4) is 0 Å². The van der Waals surface area contributed by atoms with Crippen LogP contribution in [0.1, 0.15) is 18.2 Å². The molecule has 0 aliphatic heterocycles. The van der Waals surface area contributed by atoms with Crippen LogP contribution >= 0.6 is 34.5 Å². The summed E-state index contributed by atoms with van der Waals surface area (Å²) in [7, 11) is 1.70. The molecule has 11 heteroatoms. The van der Waals surface area contributed by atoms with Gasteiger partial charge >= 0.3 is 11.9 Å². The lowest BCUT2D eigenvalue weighted by Gasteiger charge is -2.25. The smallest absolute Gasteiger partial charge is 0.414 e. The maximum Gasteiger partial charge on any atom is 0.414 e. The van der Waals surface area contributed by atoms with Gasteiger partial charge in [0.2, 0.25) is 0 Å². The van der Waals surface area contributed by atoms with Crippen LogP contribution in [0.4, 0.5) is 10.8 Å². The number of halogens is 2. The number of hydrogen-bond donors (Lipinski definition) is 2. The first-order valence-electron chi connectivity index (χ1n) is 10.7. The number of nitrogens with zero attached hydrogens (tertiary/aromatic N) is 3. The number of carbonyl (C=O) groups is 2. The Morgan fingerprint density at radius 3 is 2.44 bits per heavy atom. The predicted molar refractivity (Wildman–Crippen MR) is 143 cm³/mol. The van der Waals surface area contributed by atoms with Crippen molar-refractivity contribution >= 4 is 68.1 Å². The van der Waals surface area contributed by atoms with Gasteiger partial charge in [0.1, 0.15) is 5.75 Å². The van der Waals surface area contributed by atoms with Gasteiger partial charge in [-0.2, -0.15) is 0 Å². The van der Waals surface area contributed by atoms with E-state index in [4.69, 9.17) is 52.7 Å². The molecule has 2 N–H and O–H groups in total. The molecule has 0 fully saturated rings. The monoisotopic (exact) mass is 547 g/mol. The van der Waals surface area contributed by atoms with E-state index in [1.54, 1.807) is 30.7 Å². The number of aromatic nitrogens is 2. The van der Waals surface area contributed by atoms with E-state index in [-0.39, 0.29) is 0 Å². The van der Waals surface area contributed by atoms with E-state index < -0.39 is 11.9 Å². The summed E-state index contributed by atoms with van der Waals surface area (Å²) in [6, 6.07) is 11.5. The van der Waals surface area contributed by atoms with Gasteiger partial charge in [0.05, 0.1) is 23.5 Å². The zero-order valence-corrected chi connectivity index (χ0v) is 22.0. The molecule has 0 saturated carbocycles. The highest BCUT2D eigenvalue weighted by Gasteiger charge is 2.22. The first kappa shape index (κ1) is 27.2. The summed E-state index contributed by atoms with van der Waals surface area (Å²) in [6.45, 7) is 5.03. The number of anilines is 2. The lowest BCUT2D eigenvalue weighted by atomic mass is 10.1. The van der Waals surface area contributed by atoms with Gasteiger partial charge in [-0.05, 0) is 49.7 Å². The summed E-state index contributed by atoms with van der Waals surface area (Å²) < 4.78 is 5.74. The second-order valence-corrected chi connectivity index (χ2v) is 9.53. The molecule has 36 heavy (non-hydrogen) atoms. The maximum absolute atomic E-state index is 9.10. The average Bonchev–Trinajstić information content (AvgIpc) is 3.23. The molecule has 0 unspecified atom stereocenters. The average molecular weight is 548 g/mol. The van der Waals surface area contributed by atoms with Crippen molar-refractivity contribution in [2.45, 2.75) is 20.3 Å². The third-order valence-electron chi connectivity index (χ3n) is 5.08. The van der Waals surface area contributed by atoms with Gasteiger partial charge in [0, 0.05) is 45.2 Å². The fourth-order valence-electron chi connectivity index (χ4n) is 3.53. The number of aryl methyl sites for hydroxylation is 1. The van der Waals surface area contributed by atoms with Crippen LogP contribution in [0, 0.1) is 6.92 Å². The molecule has 188 valence electrons. The van der Waals surface area contributed by atoms with Gasteiger partial charge in [-0.15, -0.1) is 11.3 Å². The van der Waals surface area contributed by atoms with Gasteiger partial charge in [0.15, 0.2) is 5.13 Å². The van der Waals surface area contributed by atoms with E-state index in [2.05, 4.69) is 23.7 Å². The van der Waals surface area contributed by atoms with Crippen molar-refractivity contribution in [2.75, 3.05) is 18.6 Å². The molecule has 4 aromatic rings. The summed E-state index contributed by atoms with van der Waals surface area (Å²) in [5.74, 6) is -2.84. The maximum atomic E-state index is 9.10. The summed E-state index contributed by atoms with van der Waals surface area (Å²) in [5.41, 5.74) is 2.76. The van der Waals surface area contributed by atoms with E-state index in [1.807, 2.05) is 36.5 Å². The van der Waals surface area contributed by atoms with Crippen LogP contribution in [0.25, 0.3) is 22.0 Å². The number of carboxylic acids is 2. The summed E-state index contributed by atoms with van der Waals surface area (Å²) >= 11 is 14.2. The number of thiazole rings is 1. The highest BCUT2D eigenvalue weighted by atomic mass is 35.5. The fraction of sp³-hybridized carbons (Fsp3) is 0.200. The highest BCUT2D eigenvalue weighted by Crippen LogP contribution is 2.44. The van der Waals surface area contributed by atoms with E-state index in [0.29, 0.717) is 10.0 Å². The van der Waals surface area contributed by atoms with Crippen LogP contribution in [0.5, 0.6) is 5.75 Å². The van der Waals surface area contributed by atoms with Crippen LogP contribution in [0.2, 0.25) is 10.0 Å². The first-order valence-corrected chi connectivity index (χ1v) is 12.3. The second-order valence-electron chi connectivity index (χ2n) is 7.50. The number of ether oxygens (including phenoxy) is 1. The number of hydrogen-bond acceptors (Lipinski definition) is 7. The van der Waals surface area contributed by atoms with E-state index in [1.165, 1.54) is 0 Å². The predicted octanol–water partition coefficient (Wildman–Crippen LogP) is 6.69. The number of rotatable bonds is 6. The van der Waals surface area contributed by atoms with Gasteiger partial charge in [-0.3, -0.25) is 4.98 Å². The number of pyridine rings is 1. The van der Waals surface area contributed by atoms with E-state index >= 15 is 0 Å². The number of fused-ring (bicyclic) bond motifs is 1. The van der Waals surface area contributed by atoms with Crippen LogP contribution in [-0.4, -0.2) is 45.8 Å². The Labute approximate surface area is 221 Å². The van der Waals surface area contributed by atoms with E-state index in [9.17, 15) is 0 Å². The Morgan fingerprint density at radius 2 is 1.83 bits per heavy atom. The Kier molecular flexibility index (Phi) is 9.08. The minimum atomic E-state index is -1.82. The quantitative estimate of drug-likeness (QED) is 0.257. The van der Waals surface area contributed by atoms with Crippen LogP contribution in [-0.2, 0) is 9.59 Å². The third kappa shape index (κ3) is 6.04. The summed E-state index contributed by atoms with van der Waals surface area (Å²) in [5, 5.41) is 19.0. The zero-order chi connectivity index (χ0) is 26.4. The normalized spacial score (nSPS) is 10.5. The molecule has 0 atom stereocenters. The molecule has 0 radical (unpaired) electrons. The Morgan fingerprint density at radius 1 is 1.11 bits per heavy atom. The van der Waals surface area contributed by atoms with E-state index in [0.717, 1.165) is 56.4 Å². The molecule has 0 saturated heterocycles. The topological polar surface area (TPSA) is 113 Å². The van der Waals surface area contributed by atoms with Gasteiger partial charge < -0.3 is 19.8 Å². The fourth-order valence-corrected chi connectivity index (χ4v) is 4.99. The van der Waals surface area contributed by atoms with Crippen LogP contribution in [0.15, 0.2) is 48.8 Å². The minimum absolute atomic E-state index is 0.596. The highest BCUT2D eigenvalue weighted by molar-refractivity contribution is 7.16. The van der Waals surface area contributed by atoms with Gasteiger partial charge in [0.25, 0.3) is 0 Å². The standard InChI is InChI=1S/C23H21Cl2N3OS.C2H2O4/c1-4-11-28(22-17-9-10-26-13-15(17)5-8-20(22)29-3)23-27-21(14(2)30-23)18-7-6-16(24)12-19(18)25;3-1(4)2(5)6/h5-10,12-13H,4,11H2,1-3H3;(H,3,4)(H,5,6). The lowest BCUT2D eigenvalue weighted by molar-refractivity contribution is -0.159. The molecule has 2 heterocycles. The Balaban J connectivity index is 0.000000538. The number of methoxy groups -OCH3 is 1. The zero-order valence-electron chi connectivity index (χ0n) is 19.7. The molecular formula is C25H23Cl2N3O5S. The van der Waals surface area contributed by atoms with Crippen molar-refractivity contribution in [3.8, 4) is 17.0 Å². The second kappa shape index (κ2) is 12.0. The molecule has 4 rings (SSSR count). The van der Waals surface area contributed by atoms with Gasteiger partial charge in [-0.25, -0.2) is 14.6 Å². The number of benzene rings is 2. The summed E-state index contributed by atoms with van der Waals surface area (Å²) in [6.07, 6.45) is 4.64. The Bertz CT molecular complexity index is 1400. The molecule has 0 spiro atoms. The third-order valence-corrected chi connectivity index (χ3v) is 6.62. The first-order chi connectivity index (χ1) is 17.2. The van der Waals surface area contributed by atoms with Crippen molar-refractivity contribution in [2.24, 2.45) is 0 Å². The summed E-state index contributed by atoms with van der Waals surface area (Å²) in [4.78, 5) is 30.8. The number of carboxylic acid groups (broad SMARTS) is 2. The van der Waals surface area contributed by atoms with Crippen molar-refractivity contribution in [1.82, 2.24) is 9.97 Å². The molecule has 2 aromatic heterocycles. The van der Waals surface area contributed by atoms with Crippen molar-refractivity contribution in [3.05, 3.63) is 63.7 Å². The van der Waals surface area contributed by atoms with Gasteiger partial charge in [-0.1, -0.05) is 30.1 Å². The molecule has 0 aliphatic rings. The molecule has 0 aliphatic carbocycles. The van der Waals surface area contributed by atoms with Crippen molar-refractivity contribution < 1.29 is 24.5 Å². The SMILES string of the molecule is CCCN(c1nc(-c2ccc(Cl)cc2Cl)c(C)s1)c1c(OC)ccc2cnccc12.O=C(O)C(=O)O.